The van der Waals surface area contributed by atoms with Gasteiger partial charge < -0.3 is 0 Å². The molecule has 1 unspecified atom stereocenters. The number of carbonyl (C=O) groups is 1. The first-order chi connectivity index (χ1) is 7.75. The van der Waals surface area contributed by atoms with Gasteiger partial charge in [-0.1, -0.05) is 36.4 Å². The minimum Gasteiger partial charge on any atom is -0.294 e. The molecule has 0 radical (unpaired) electrons. The van der Waals surface area contributed by atoms with Gasteiger partial charge in [0.15, 0.2) is 5.78 Å². The third kappa shape index (κ3) is 1.28. The lowest BCUT2D eigenvalue weighted by atomic mass is 9.93. The van der Waals surface area contributed by atoms with Crippen LogP contribution >= 0.6 is 0 Å². The van der Waals surface area contributed by atoms with E-state index in [1.807, 2.05) is 42.5 Å². The molecule has 0 bridgehead atoms. The molecule has 0 saturated carbocycles. The molecule has 0 aliphatic heterocycles. The number of fused-ring (bicyclic) bond motifs is 2. The van der Waals surface area contributed by atoms with Crippen LogP contribution in [0.5, 0.6) is 0 Å². The Kier molecular flexibility index (Phi) is 1.51. The molecule has 1 heteroatoms. The molecule has 1 aliphatic rings. The molecule has 2 aromatic rings. The zero-order valence-electron chi connectivity index (χ0n) is 9.10. The summed E-state index contributed by atoms with van der Waals surface area (Å²) in [5.41, 5.74) is 1.59. The average Bonchev–Trinajstić information content (AvgIpc) is 2.32. The second-order valence-electron chi connectivity index (χ2n) is 3.68. The molecule has 72 valence electrons. The molecule has 3 rings (SSSR count). The van der Waals surface area contributed by atoms with E-state index in [0.29, 0.717) is 5.56 Å². The Hall–Kier alpha value is -1.89. The van der Waals surface area contributed by atoms with E-state index in [1.54, 1.807) is 6.08 Å². The van der Waals surface area contributed by atoms with Gasteiger partial charge in [-0.2, -0.15) is 0 Å². The van der Waals surface area contributed by atoms with Crippen LogP contribution in [0.1, 0.15) is 23.7 Å². The van der Waals surface area contributed by atoms with Crippen molar-refractivity contribution in [1.29, 1.82) is 0 Å². The summed E-state index contributed by atoms with van der Waals surface area (Å²) in [4.78, 5) is 11.8. The molecule has 2 aromatic carbocycles. The lowest BCUT2D eigenvalue weighted by molar-refractivity contribution is 0.0994. The van der Waals surface area contributed by atoms with E-state index < -0.39 is 6.40 Å². The first-order valence-corrected chi connectivity index (χ1v) is 4.93. The topological polar surface area (TPSA) is 17.1 Å². The van der Waals surface area contributed by atoms with Crippen LogP contribution < -0.4 is 0 Å². The van der Waals surface area contributed by atoms with Gasteiger partial charge in [0.1, 0.15) is 0 Å². The highest BCUT2D eigenvalue weighted by Gasteiger charge is 2.13. The molecule has 1 aliphatic carbocycles. The SMILES string of the molecule is [2H]C1C=Cc2cc3ccccc3cc2C1=O. The van der Waals surface area contributed by atoms with Gasteiger partial charge in [-0.25, -0.2) is 0 Å². The lowest BCUT2D eigenvalue weighted by Crippen LogP contribution is -2.03. The molecule has 0 aromatic heterocycles. The van der Waals surface area contributed by atoms with Gasteiger partial charge in [0.25, 0.3) is 0 Å². The summed E-state index contributed by atoms with van der Waals surface area (Å²) in [7, 11) is 0. The van der Waals surface area contributed by atoms with Crippen LogP contribution in [0.15, 0.2) is 42.5 Å². The standard InChI is InChI=1S/C14H10O/c15-14-7-3-6-12-8-10-4-1-2-5-11(10)9-13(12)14/h1-6,8-9H,7H2/i7D. The predicted octanol–water partition coefficient (Wildman–Crippen LogP) is 3.44. The van der Waals surface area contributed by atoms with E-state index in [2.05, 4.69) is 0 Å². The van der Waals surface area contributed by atoms with Gasteiger partial charge in [-0.05, 0) is 28.5 Å². The van der Waals surface area contributed by atoms with Crippen molar-refractivity contribution in [3.05, 3.63) is 53.6 Å². The minimum absolute atomic E-state index is 0.108. The van der Waals surface area contributed by atoms with Crippen LogP contribution in [0.25, 0.3) is 16.8 Å². The Morgan fingerprint density at radius 1 is 1.13 bits per heavy atom. The van der Waals surface area contributed by atoms with Crippen molar-refractivity contribution in [1.82, 2.24) is 0 Å². The zero-order valence-corrected chi connectivity index (χ0v) is 8.10. The zero-order chi connectivity index (χ0) is 11.1. The van der Waals surface area contributed by atoms with Crippen LogP contribution in [-0.2, 0) is 0 Å². The van der Waals surface area contributed by atoms with Crippen molar-refractivity contribution >= 4 is 22.6 Å². The molecular formula is C14H10O. The maximum atomic E-state index is 11.8. The molecular weight excluding hydrogens is 184 g/mol. The quantitative estimate of drug-likeness (QED) is 0.629. The Labute approximate surface area is 89.4 Å². The second-order valence-corrected chi connectivity index (χ2v) is 3.68. The third-order valence-electron chi connectivity index (χ3n) is 2.71. The molecule has 0 fully saturated rings. The monoisotopic (exact) mass is 195 g/mol. The van der Waals surface area contributed by atoms with Crippen LogP contribution in [0.2, 0.25) is 0 Å². The second kappa shape index (κ2) is 3.06. The van der Waals surface area contributed by atoms with Crippen LogP contribution in [0.3, 0.4) is 0 Å². The smallest absolute Gasteiger partial charge is 0.167 e. The average molecular weight is 195 g/mol. The number of Topliss-reactive ketones (excluding diaryl/α,β-unsaturated/α-hetero) is 1. The first kappa shape index (κ1) is 7.41. The van der Waals surface area contributed by atoms with Gasteiger partial charge in [0.2, 0.25) is 0 Å². The van der Waals surface area contributed by atoms with Gasteiger partial charge in [-0.3, -0.25) is 4.79 Å². The number of carbonyl (C=O) groups excluding carboxylic acids is 1. The van der Waals surface area contributed by atoms with Crippen molar-refractivity contribution in [2.24, 2.45) is 0 Å². The van der Waals surface area contributed by atoms with Gasteiger partial charge in [0.05, 0.1) is 0 Å². The number of hydrogen-bond donors (Lipinski definition) is 0. The number of hydrogen-bond acceptors (Lipinski definition) is 1. The molecule has 1 nitrogen and oxygen atoms in total. The molecule has 0 saturated heterocycles. The normalized spacial score (nSPS) is 20.1. The Morgan fingerprint density at radius 3 is 2.67 bits per heavy atom. The van der Waals surface area contributed by atoms with Crippen LogP contribution in [-0.4, -0.2) is 5.78 Å². The van der Waals surface area contributed by atoms with Gasteiger partial charge in [0, 0.05) is 13.3 Å². The summed E-state index contributed by atoms with van der Waals surface area (Å²) >= 11 is 0. The maximum Gasteiger partial charge on any atom is 0.167 e. The van der Waals surface area contributed by atoms with Crippen LogP contribution in [0.4, 0.5) is 0 Å². The highest BCUT2D eigenvalue weighted by Crippen LogP contribution is 2.25. The summed E-state index contributed by atoms with van der Waals surface area (Å²) in [6, 6.07) is 11.8. The number of ketones is 1. The summed E-state index contributed by atoms with van der Waals surface area (Å²) in [6.45, 7) is 0. The molecule has 0 N–H and O–H groups in total. The Balaban J connectivity index is 2.33. The minimum atomic E-state index is -0.742. The van der Waals surface area contributed by atoms with E-state index >= 15 is 0 Å². The van der Waals surface area contributed by atoms with E-state index in [4.69, 9.17) is 1.37 Å². The first-order valence-electron chi connectivity index (χ1n) is 5.51. The van der Waals surface area contributed by atoms with Crippen molar-refractivity contribution < 1.29 is 6.17 Å². The fourth-order valence-electron chi connectivity index (χ4n) is 1.94. The summed E-state index contributed by atoms with van der Waals surface area (Å²) in [5, 5.41) is 2.18. The lowest BCUT2D eigenvalue weighted by Gasteiger charge is -2.10. The summed E-state index contributed by atoms with van der Waals surface area (Å²) in [6.07, 6.45) is 2.76. The number of benzene rings is 2. The van der Waals surface area contributed by atoms with Gasteiger partial charge in [-0.15, -0.1) is 0 Å². The molecule has 0 spiro atoms. The largest absolute Gasteiger partial charge is 0.294 e. The highest BCUT2D eigenvalue weighted by molar-refractivity contribution is 6.06. The van der Waals surface area contributed by atoms with Crippen molar-refractivity contribution in [2.75, 3.05) is 0 Å². The highest BCUT2D eigenvalue weighted by atomic mass is 16.1. The van der Waals surface area contributed by atoms with Crippen molar-refractivity contribution in [3.8, 4) is 0 Å². The van der Waals surface area contributed by atoms with E-state index in [9.17, 15) is 4.79 Å². The fraction of sp³-hybridized carbons (Fsp3) is 0.0714. The number of allylic oxidation sites excluding steroid dienone is 1. The number of rotatable bonds is 0. The third-order valence-corrected chi connectivity index (χ3v) is 2.71. The van der Waals surface area contributed by atoms with Gasteiger partial charge >= 0.3 is 0 Å². The Bertz CT molecular complexity index is 613. The molecule has 1 atom stereocenters. The predicted molar refractivity (Wildman–Crippen MR) is 61.9 cm³/mol. The van der Waals surface area contributed by atoms with E-state index in [0.717, 1.165) is 16.3 Å². The van der Waals surface area contributed by atoms with E-state index in [-0.39, 0.29) is 5.78 Å². The maximum absolute atomic E-state index is 11.8. The summed E-state index contributed by atoms with van der Waals surface area (Å²) in [5.74, 6) is -0.108. The Morgan fingerprint density at radius 2 is 1.87 bits per heavy atom. The summed E-state index contributed by atoms with van der Waals surface area (Å²) < 4.78 is 7.58. The van der Waals surface area contributed by atoms with Crippen LogP contribution in [0, 0.1) is 0 Å². The molecule has 15 heavy (non-hydrogen) atoms. The molecule has 0 amide bonds. The van der Waals surface area contributed by atoms with Crippen molar-refractivity contribution in [3.63, 3.8) is 0 Å². The van der Waals surface area contributed by atoms with Crippen molar-refractivity contribution in [2.45, 2.75) is 6.40 Å². The fourth-order valence-corrected chi connectivity index (χ4v) is 1.94. The van der Waals surface area contributed by atoms with E-state index in [1.165, 1.54) is 0 Å². The molecule has 0 heterocycles.